The number of hydrogen-bond acceptors (Lipinski definition) is 2. The van der Waals surface area contributed by atoms with Crippen LogP contribution in [-0.4, -0.2) is 18.0 Å². The molecule has 0 rings (SSSR count). The summed E-state index contributed by atoms with van der Waals surface area (Å²) in [5.74, 6) is 0.593. The molecule has 1 atom stereocenters. The van der Waals surface area contributed by atoms with Gasteiger partial charge in [0.2, 0.25) is 5.91 Å². The van der Waals surface area contributed by atoms with Crippen LogP contribution in [0, 0.1) is 11.3 Å². The first kappa shape index (κ1) is 14.4. The maximum absolute atomic E-state index is 11.9. The van der Waals surface area contributed by atoms with E-state index >= 15 is 0 Å². The summed E-state index contributed by atoms with van der Waals surface area (Å²) in [7, 11) is 0. The molecule has 0 fully saturated rings. The van der Waals surface area contributed by atoms with Gasteiger partial charge >= 0.3 is 0 Å². The molecule has 1 unspecified atom stereocenters. The Hall–Kier alpha value is -0.570. The predicted octanol–water partition coefficient (Wildman–Crippen LogP) is 1.91. The van der Waals surface area contributed by atoms with Crippen LogP contribution in [0.2, 0.25) is 0 Å². The van der Waals surface area contributed by atoms with Crippen molar-refractivity contribution in [3.8, 4) is 0 Å². The van der Waals surface area contributed by atoms with Crippen molar-refractivity contribution in [2.75, 3.05) is 6.54 Å². The lowest BCUT2D eigenvalue weighted by molar-refractivity contribution is -0.130. The second kappa shape index (κ2) is 4.97. The van der Waals surface area contributed by atoms with Crippen LogP contribution in [0.4, 0.5) is 0 Å². The topological polar surface area (TPSA) is 55.1 Å². The smallest absolute Gasteiger partial charge is 0.225 e. The highest BCUT2D eigenvalue weighted by molar-refractivity contribution is 5.82. The van der Waals surface area contributed by atoms with Gasteiger partial charge in [-0.25, -0.2) is 0 Å². The van der Waals surface area contributed by atoms with Crippen LogP contribution < -0.4 is 11.1 Å². The molecule has 0 radical (unpaired) electrons. The zero-order chi connectivity index (χ0) is 12.3. The van der Waals surface area contributed by atoms with Gasteiger partial charge in [-0.05, 0) is 19.3 Å². The highest BCUT2D eigenvalue weighted by Gasteiger charge is 2.30. The van der Waals surface area contributed by atoms with Crippen molar-refractivity contribution in [1.82, 2.24) is 5.32 Å². The van der Waals surface area contributed by atoms with Gasteiger partial charge < -0.3 is 11.1 Å². The highest BCUT2D eigenvalue weighted by atomic mass is 16.2. The van der Waals surface area contributed by atoms with E-state index in [2.05, 4.69) is 19.2 Å². The Morgan fingerprint density at radius 1 is 1.27 bits per heavy atom. The summed E-state index contributed by atoms with van der Waals surface area (Å²) in [6.07, 6.45) is 0.908. The Balaban J connectivity index is 4.51. The van der Waals surface area contributed by atoms with Crippen LogP contribution in [0.5, 0.6) is 0 Å². The van der Waals surface area contributed by atoms with Crippen LogP contribution in [0.15, 0.2) is 0 Å². The van der Waals surface area contributed by atoms with E-state index in [1.165, 1.54) is 0 Å². The molecule has 0 spiro atoms. The van der Waals surface area contributed by atoms with E-state index in [-0.39, 0.29) is 16.9 Å². The minimum absolute atomic E-state index is 0.0658. The molecule has 15 heavy (non-hydrogen) atoms. The third-order valence-corrected chi connectivity index (χ3v) is 2.41. The van der Waals surface area contributed by atoms with E-state index < -0.39 is 0 Å². The van der Waals surface area contributed by atoms with Crippen molar-refractivity contribution in [1.29, 1.82) is 0 Å². The molecule has 3 heteroatoms. The average molecular weight is 214 g/mol. The second-order valence-corrected chi connectivity index (χ2v) is 6.07. The first-order chi connectivity index (χ1) is 6.60. The van der Waals surface area contributed by atoms with Crippen LogP contribution in [0.1, 0.15) is 48.0 Å². The van der Waals surface area contributed by atoms with Gasteiger partial charge in [0, 0.05) is 17.5 Å². The minimum Gasteiger partial charge on any atom is -0.349 e. The lowest BCUT2D eigenvalue weighted by Gasteiger charge is -2.34. The van der Waals surface area contributed by atoms with E-state index in [0.29, 0.717) is 12.5 Å². The van der Waals surface area contributed by atoms with Gasteiger partial charge in [-0.15, -0.1) is 0 Å². The van der Waals surface area contributed by atoms with Crippen molar-refractivity contribution in [2.24, 2.45) is 17.1 Å². The van der Waals surface area contributed by atoms with E-state index in [9.17, 15) is 4.79 Å². The van der Waals surface area contributed by atoms with Gasteiger partial charge in [0.05, 0.1) is 0 Å². The second-order valence-electron chi connectivity index (χ2n) is 6.07. The fourth-order valence-corrected chi connectivity index (χ4v) is 1.55. The normalized spacial score (nSPS) is 16.3. The van der Waals surface area contributed by atoms with Crippen LogP contribution in [0.3, 0.4) is 0 Å². The number of hydrogen-bond donors (Lipinski definition) is 2. The number of carbonyl (C=O) groups excluding carboxylic acids is 1. The van der Waals surface area contributed by atoms with Crippen LogP contribution in [-0.2, 0) is 4.79 Å². The third kappa shape index (κ3) is 5.17. The number of carbonyl (C=O) groups is 1. The molecule has 3 N–H and O–H groups in total. The summed E-state index contributed by atoms with van der Waals surface area (Å²) in [4.78, 5) is 11.9. The summed E-state index contributed by atoms with van der Waals surface area (Å²) in [5.41, 5.74) is 5.10. The molecule has 0 aliphatic rings. The number of amides is 1. The number of nitrogens with one attached hydrogen (secondary N) is 1. The van der Waals surface area contributed by atoms with Gasteiger partial charge in [0.25, 0.3) is 0 Å². The fraction of sp³-hybridized carbons (Fsp3) is 0.917. The van der Waals surface area contributed by atoms with Crippen LogP contribution >= 0.6 is 0 Å². The molecule has 3 nitrogen and oxygen atoms in total. The lowest BCUT2D eigenvalue weighted by atomic mass is 9.88. The molecule has 0 aromatic heterocycles. The first-order valence-electron chi connectivity index (χ1n) is 5.63. The zero-order valence-electron chi connectivity index (χ0n) is 11.0. The van der Waals surface area contributed by atoms with Gasteiger partial charge in [-0.1, -0.05) is 34.6 Å². The summed E-state index contributed by atoms with van der Waals surface area (Å²) in [6, 6.07) is 0. The molecule has 0 aromatic rings. The first-order valence-corrected chi connectivity index (χ1v) is 5.63. The van der Waals surface area contributed by atoms with Gasteiger partial charge in [0.15, 0.2) is 0 Å². The van der Waals surface area contributed by atoms with E-state index in [1.807, 2.05) is 27.7 Å². The standard InChI is InChI=1S/C12H26N2O/c1-9(2)7-12(6,8-13)14-10(15)11(3,4)5/h9H,7-8,13H2,1-6H3,(H,14,15). The Kier molecular flexibility index (Phi) is 4.78. The Bertz CT molecular complexity index is 218. The Labute approximate surface area is 93.8 Å². The van der Waals surface area contributed by atoms with Crippen molar-refractivity contribution < 1.29 is 4.79 Å². The quantitative estimate of drug-likeness (QED) is 0.751. The van der Waals surface area contributed by atoms with E-state index in [4.69, 9.17) is 5.73 Å². The Morgan fingerprint density at radius 2 is 1.73 bits per heavy atom. The maximum atomic E-state index is 11.9. The molecule has 90 valence electrons. The molecule has 0 aliphatic heterocycles. The van der Waals surface area contributed by atoms with E-state index in [0.717, 1.165) is 6.42 Å². The number of nitrogens with two attached hydrogens (primary N) is 1. The molecule has 0 aliphatic carbocycles. The zero-order valence-corrected chi connectivity index (χ0v) is 11.0. The van der Waals surface area contributed by atoms with Crippen molar-refractivity contribution in [2.45, 2.75) is 53.5 Å². The van der Waals surface area contributed by atoms with Gasteiger partial charge in [0.1, 0.15) is 0 Å². The van der Waals surface area contributed by atoms with Crippen molar-refractivity contribution >= 4 is 5.91 Å². The highest BCUT2D eigenvalue weighted by Crippen LogP contribution is 2.19. The predicted molar refractivity (Wildman–Crippen MR) is 64.5 cm³/mol. The monoisotopic (exact) mass is 214 g/mol. The Morgan fingerprint density at radius 3 is 2.00 bits per heavy atom. The molecule has 0 bridgehead atoms. The third-order valence-electron chi connectivity index (χ3n) is 2.41. The molecular formula is C12H26N2O. The van der Waals surface area contributed by atoms with Gasteiger partial charge in [-0.2, -0.15) is 0 Å². The van der Waals surface area contributed by atoms with E-state index in [1.54, 1.807) is 0 Å². The summed E-state index contributed by atoms with van der Waals surface area (Å²) < 4.78 is 0. The van der Waals surface area contributed by atoms with Crippen molar-refractivity contribution in [3.63, 3.8) is 0 Å². The summed E-state index contributed by atoms with van der Waals surface area (Å²) >= 11 is 0. The van der Waals surface area contributed by atoms with Gasteiger partial charge in [-0.3, -0.25) is 4.79 Å². The fourth-order valence-electron chi connectivity index (χ4n) is 1.55. The largest absolute Gasteiger partial charge is 0.349 e. The molecule has 0 saturated carbocycles. The number of rotatable bonds is 4. The molecule has 0 heterocycles. The average Bonchev–Trinajstić information content (AvgIpc) is 2.00. The van der Waals surface area contributed by atoms with Crippen molar-refractivity contribution in [3.05, 3.63) is 0 Å². The summed E-state index contributed by atoms with van der Waals surface area (Å²) in [6.45, 7) is 12.5. The SMILES string of the molecule is CC(C)CC(C)(CN)NC(=O)C(C)(C)C. The maximum Gasteiger partial charge on any atom is 0.225 e. The van der Waals surface area contributed by atoms with Crippen LogP contribution in [0.25, 0.3) is 0 Å². The summed E-state index contributed by atoms with van der Waals surface area (Å²) in [5, 5.41) is 3.05. The molecule has 0 saturated heterocycles. The minimum atomic E-state index is -0.354. The molecular weight excluding hydrogens is 188 g/mol. The molecule has 0 aromatic carbocycles. The molecule has 1 amide bonds. The lowest BCUT2D eigenvalue weighted by Crippen LogP contribution is -2.54.